The molecule has 7 heteroatoms. The van der Waals surface area contributed by atoms with Crippen molar-refractivity contribution in [3.8, 4) is 0 Å². The van der Waals surface area contributed by atoms with E-state index in [2.05, 4.69) is 29.4 Å². The van der Waals surface area contributed by atoms with E-state index >= 15 is 0 Å². The lowest BCUT2D eigenvalue weighted by molar-refractivity contribution is 0.417. The predicted octanol–water partition coefficient (Wildman–Crippen LogP) is 1.64. The zero-order valence-corrected chi connectivity index (χ0v) is 12.9. The Kier molecular flexibility index (Phi) is 5.15. The molecular weight excluding hydrogens is 278 g/mol. The normalized spacial score (nSPS) is 22.2. The van der Waals surface area contributed by atoms with Crippen LogP contribution in [0.2, 0.25) is 0 Å². The Morgan fingerprint density at radius 2 is 2.15 bits per heavy atom. The van der Waals surface area contributed by atoms with Gasteiger partial charge in [-0.25, -0.2) is 8.42 Å². The van der Waals surface area contributed by atoms with E-state index in [-0.39, 0.29) is 11.6 Å². The number of aromatic nitrogens is 2. The first-order valence-electron chi connectivity index (χ1n) is 7.26. The average molecular weight is 301 g/mol. The van der Waals surface area contributed by atoms with E-state index in [1.54, 1.807) is 0 Å². The first kappa shape index (κ1) is 15.4. The number of sulfone groups is 1. The zero-order chi connectivity index (χ0) is 14.6. The van der Waals surface area contributed by atoms with Gasteiger partial charge in [-0.15, -0.1) is 10.2 Å². The maximum absolute atomic E-state index is 12.0. The van der Waals surface area contributed by atoms with Gasteiger partial charge in [0.1, 0.15) is 5.25 Å². The Balaban J connectivity index is 1.91. The Morgan fingerprint density at radius 3 is 2.85 bits per heavy atom. The van der Waals surface area contributed by atoms with E-state index in [1.165, 1.54) is 0 Å². The monoisotopic (exact) mass is 301 g/mol. The fourth-order valence-electron chi connectivity index (χ4n) is 2.36. The van der Waals surface area contributed by atoms with Gasteiger partial charge in [0, 0.05) is 12.5 Å². The van der Waals surface area contributed by atoms with Crippen LogP contribution in [0.5, 0.6) is 0 Å². The number of hydrogen-bond acceptors (Lipinski definition) is 6. The molecule has 2 heterocycles. The van der Waals surface area contributed by atoms with E-state index in [0.29, 0.717) is 24.8 Å². The topological polar surface area (TPSA) is 85.1 Å². The zero-order valence-electron chi connectivity index (χ0n) is 12.1. The van der Waals surface area contributed by atoms with Gasteiger partial charge in [-0.1, -0.05) is 20.3 Å². The maximum Gasteiger partial charge on any atom is 0.234 e. The third-order valence-corrected chi connectivity index (χ3v) is 5.62. The SMILES string of the molecule is CC(C)NCCCc1nnc(C2CCCCS2(=O)=O)o1. The van der Waals surface area contributed by atoms with Gasteiger partial charge in [-0.2, -0.15) is 0 Å². The van der Waals surface area contributed by atoms with Crippen LogP contribution in [0.3, 0.4) is 0 Å². The summed E-state index contributed by atoms with van der Waals surface area (Å²) in [5.41, 5.74) is 0. The van der Waals surface area contributed by atoms with Gasteiger partial charge in [0.05, 0.1) is 5.75 Å². The predicted molar refractivity (Wildman–Crippen MR) is 76.1 cm³/mol. The van der Waals surface area contributed by atoms with Crippen molar-refractivity contribution in [2.24, 2.45) is 0 Å². The Morgan fingerprint density at radius 1 is 1.35 bits per heavy atom. The van der Waals surface area contributed by atoms with Crippen LogP contribution in [0, 0.1) is 0 Å². The third-order valence-electron chi connectivity index (χ3n) is 3.46. The highest BCUT2D eigenvalue weighted by Crippen LogP contribution is 2.32. The van der Waals surface area contributed by atoms with Crippen molar-refractivity contribution in [1.29, 1.82) is 0 Å². The number of nitrogens with one attached hydrogen (secondary N) is 1. The van der Waals surface area contributed by atoms with E-state index in [9.17, 15) is 8.42 Å². The van der Waals surface area contributed by atoms with Crippen LogP contribution < -0.4 is 5.32 Å². The van der Waals surface area contributed by atoms with Crippen molar-refractivity contribution >= 4 is 9.84 Å². The van der Waals surface area contributed by atoms with Crippen LogP contribution in [-0.4, -0.2) is 37.0 Å². The summed E-state index contributed by atoms with van der Waals surface area (Å²) in [6.07, 6.45) is 3.82. The highest BCUT2D eigenvalue weighted by Gasteiger charge is 2.34. The standard InChI is InChI=1S/C13H23N3O3S/c1-10(2)14-8-5-7-12-15-16-13(19-12)11-6-3-4-9-20(11,17)18/h10-11,14H,3-9H2,1-2H3. The number of aryl methyl sites for hydroxylation is 1. The summed E-state index contributed by atoms with van der Waals surface area (Å²) in [7, 11) is -3.11. The van der Waals surface area contributed by atoms with Crippen LogP contribution in [0.25, 0.3) is 0 Å². The van der Waals surface area contributed by atoms with Gasteiger partial charge >= 0.3 is 0 Å². The molecule has 6 nitrogen and oxygen atoms in total. The average Bonchev–Trinajstić information content (AvgIpc) is 2.82. The minimum Gasteiger partial charge on any atom is -0.424 e. The molecule has 1 aromatic rings. The molecule has 1 unspecified atom stereocenters. The second-order valence-corrected chi connectivity index (χ2v) is 7.90. The van der Waals surface area contributed by atoms with Crippen LogP contribution in [0.1, 0.15) is 56.6 Å². The molecule has 1 aliphatic rings. The van der Waals surface area contributed by atoms with Gasteiger partial charge < -0.3 is 9.73 Å². The molecule has 2 rings (SSSR count). The van der Waals surface area contributed by atoms with Gasteiger partial charge in [-0.05, 0) is 25.8 Å². The molecule has 20 heavy (non-hydrogen) atoms. The summed E-state index contributed by atoms with van der Waals surface area (Å²) in [6.45, 7) is 5.08. The van der Waals surface area contributed by atoms with E-state index in [1.807, 2.05) is 0 Å². The quantitative estimate of drug-likeness (QED) is 0.804. The van der Waals surface area contributed by atoms with Crippen molar-refractivity contribution in [3.63, 3.8) is 0 Å². The number of rotatable bonds is 6. The van der Waals surface area contributed by atoms with Crippen molar-refractivity contribution in [1.82, 2.24) is 15.5 Å². The van der Waals surface area contributed by atoms with Crippen LogP contribution in [0.15, 0.2) is 4.42 Å². The van der Waals surface area contributed by atoms with Crippen molar-refractivity contribution in [2.75, 3.05) is 12.3 Å². The van der Waals surface area contributed by atoms with E-state index in [0.717, 1.165) is 25.8 Å². The summed E-state index contributed by atoms with van der Waals surface area (Å²) in [5.74, 6) is 1.04. The first-order chi connectivity index (χ1) is 9.49. The van der Waals surface area contributed by atoms with E-state index in [4.69, 9.17) is 4.42 Å². The Labute approximate surface area is 120 Å². The molecule has 1 fully saturated rings. The molecule has 0 amide bonds. The molecule has 0 radical (unpaired) electrons. The molecule has 114 valence electrons. The third kappa shape index (κ3) is 4.02. The summed E-state index contributed by atoms with van der Waals surface area (Å²) in [5, 5.41) is 10.6. The second kappa shape index (κ2) is 6.67. The molecule has 0 spiro atoms. The minimum absolute atomic E-state index is 0.230. The molecule has 0 bridgehead atoms. The van der Waals surface area contributed by atoms with Gasteiger partial charge in [0.2, 0.25) is 11.8 Å². The smallest absolute Gasteiger partial charge is 0.234 e. The van der Waals surface area contributed by atoms with Gasteiger partial charge in [0.25, 0.3) is 0 Å². The molecule has 1 atom stereocenters. The van der Waals surface area contributed by atoms with Crippen LogP contribution >= 0.6 is 0 Å². The fraction of sp³-hybridized carbons (Fsp3) is 0.846. The summed E-state index contributed by atoms with van der Waals surface area (Å²) in [6, 6.07) is 0.459. The molecule has 0 aromatic carbocycles. The van der Waals surface area contributed by atoms with Crippen molar-refractivity contribution < 1.29 is 12.8 Å². The molecular formula is C13H23N3O3S. The molecule has 0 saturated carbocycles. The largest absolute Gasteiger partial charge is 0.424 e. The highest BCUT2D eigenvalue weighted by atomic mass is 32.2. The van der Waals surface area contributed by atoms with Gasteiger partial charge in [0.15, 0.2) is 9.84 Å². The Hall–Kier alpha value is -0.950. The van der Waals surface area contributed by atoms with Gasteiger partial charge in [-0.3, -0.25) is 0 Å². The summed E-state index contributed by atoms with van der Waals surface area (Å²) >= 11 is 0. The summed E-state index contributed by atoms with van der Waals surface area (Å²) in [4.78, 5) is 0. The molecule has 1 saturated heterocycles. The molecule has 1 aromatic heterocycles. The molecule has 0 aliphatic carbocycles. The fourth-order valence-corrected chi connectivity index (χ4v) is 4.18. The lowest BCUT2D eigenvalue weighted by atomic mass is 10.2. The lowest BCUT2D eigenvalue weighted by Gasteiger charge is -2.18. The maximum atomic E-state index is 12.0. The van der Waals surface area contributed by atoms with Crippen molar-refractivity contribution in [2.45, 2.75) is 57.2 Å². The highest BCUT2D eigenvalue weighted by molar-refractivity contribution is 7.91. The van der Waals surface area contributed by atoms with Crippen LogP contribution in [-0.2, 0) is 16.3 Å². The minimum atomic E-state index is -3.11. The molecule has 1 aliphatic heterocycles. The molecule has 1 N–H and O–H groups in total. The summed E-state index contributed by atoms with van der Waals surface area (Å²) < 4.78 is 29.5. The number of hydrogen-bond donors (Lipinski definition) is 1. The second-order valence-electron chi connectivity index (χ2n) is 5.60. The van der Waals surface area contributed by atoms with E-state index < -0.39 is 15.1 Å². The van der Waals surface area contributed by atoms with Crippen LogP contribution in [0.4, 0.5) is 0 Å². The Bertz CT molecular complexity index is 525. The first-order valence-corrected chi connectivity index (χ1v) is 8.98. The van der Waals surface area contributed by atoms with Crippen molar-refractivity contribution in [3.05, 3.63) is 11.8 Å². The lowest BCUT2D eigenvalue weighted by Crippen LogP contribution is -2.23. The number of nitrogens with zero attached hydrogens (tertiary/aromatic N) is 2.